The molecule has 1 heterocycles. The molecule has 0 aliphatic heterocycles. The minimum absolute atomic E-state index is 0.135. The van der Waals surface area contributed by atoms with Crippen molar-refractivity contribution >= 4 is 22.7 Å². The van der Waals surface area contributed by atoms with Crippen LogP contribution in [-0.4, -0.2) is 34.1 Å². The standard InChI is InChI=1S/C26H24N4O6/c1-3-35-19-10-12-20(13-11-19)36-16(2)23(31)28-29-24(32)17-9-14-21-22(15-17)27-26(34)30(25(21)33)18-7-5-4-6-8-18/h4-16H,3H2,1-2H3,(H,27,34)(H,28,31)(H,29,32). The topological polar surface area (TPSA) is 132 Å². The van der Waals surface area contributed by atoms with Gasteiger partial charge in [0.15, 0.2) is 6.10 Å². The minimum Gasteiger partial charge on any atom is -0.494 e. The van der Waals surface area contributed by atoms with Crippen LogP contribution in [0.3, 0.4) is 0 Å². The SMILES string of the molecule is CCOc1ccc(OC(C)C(=O)NNC(=O)c2ccc3c(=O)n(-c4ccccc4)c(=O)[nH]c3c2)cc1. The van der Waals surface area contributed by atoms with Crippen LogP contribution in [0.4, 0.5) is 0 Å². The first kappa shape index (κ1) is 24.3. The number of carbonyl (C=O) groups excluding carboxylic acids is 2. The molecule has 3 aromatic carbocycles. The van der Waals surface area contributed by atoms with E-state index in [0.717, 1.165) is 4.57 Å². The smallest absolute Gasteiger partial charge is 0.333 e. The summed E-state index contributed by atoms with van der Waals surface area (Å²) >= 11 is 0. The first-order valence-electron chi connectivity index (χ1n) is 11.2. The number of carbonyl (C=O) groups is 2. The van der Waals surface area contributed by atoms with Gasteiger partial charge in [-0.05, 0) is 68.4 Å². The third kappa shape index (κ3) is 5.27. The van der Waals surface area contributed by atoms with Crippen molar-refractivity contribution < 1.29 is 19.1 Å². The summed E-state index contributed by atoms with van der Waals surface area (Å²) in [6, 6.07) is 19.6. The Balaban J connectivity index is 1.43. The monoisotopic (exact) mass is 488 g/mol. The summed E-state index contributed by atoms with van der Waals surface area (Å²) in [7, 11) is 0. The minimum atomic E-state index is -0.896. The molecular formula is C26H24N4O6. The fraction of sp³-hybridized carbons (Fsp3) is 0.154. The molecule has 184 valence electrons. The van der Waals surface area contributed by atoms with Crippen LogP contribution >= 0.6 is 0 Å². The Bertz CT molecular complexity index is 1510. The maximum Gasteiger partial charge on any atom is 0.333 e. The Hall–Kier alpha value is -4.86. The van der Waals surface area contributed by atoms with Crippen LogP contribution in [-0.2, 0) is 4.79 Å². The molecule has 0 saturated heterocycles. The molecule has 0 fully saturated rings. The lowest BCUT2D eigenvalue weighted by Crippen LogP contribution is -2.47. The third-order valence-electron chi connectivity index (χ3n) is 5.29. The van der Waals surface area contributed by atoms with E-state index in [1.54, 1.807) is 54.6 Å². The number of rotatable bonds is 7. The summed E-state index contributed by atoms with van der Waals surface area (Å²) in [5.74, 6) is -0.0548. The van der Waals surface area contributed by atoms with Crippen LogP contribution in [0.5, 0.6) is 11.5 Å². The van der Waals surface area contributed by atoms with E-state index in [1.807, 2.05) is 6.92 Å². The highest BCUT2D eigenvalue weighted by Crippen LogP contribution is 2.18. The maximum atomic E-state index is 12.9. The Morgan fingerprint density at radius 2 is 1.64 bits per heavy atom. The van der Waals surface area contributed by atoms with Gasteiger partial charge in [0.25, 0.3) is 17.4 Å². The van der Waals surface area contributed by atoms with Gasteiger partial charge in [-0.15, -0.1) is 0 Å². The molecule has 10 nitrogen and oxygen atoms in total. The molecule has 4 aromatic rings. The molecule has 0 aliphatic carbocycles. The number of nitrogens with zero attached hydrogens (tertiary/aromatic N) is 1. The quantitative estimate of drug-likeness (QED) is 0.342. The van der Waals surface area contributed by atoms with Gasteiger partial charge < -0.3 is 14.5 Å². The predicted octanol–water partition coefficient (Wildman–Crippen LogP) is 2.31. The lowest BCUT2D eigenvalue weighted by Gasteiger charge is -2.15. The van der Waals surface area contributed by atoms with Crippen molar-refractivity contribution in [3.05, 3.63) is 99.2 Å². The normalized spacial score (nSPS) is 11.5. The molecule has 1 aromatic heterocycles. The molecule has 0 saturated carbocycles. The number of hydrogen-bond acceptors (Lipinski definition) is 6. The van der Waals surface area contributed by atoms with Crippen LogP contribution in [0.2, 0.25) is 0 Å². The second kappa shape index (κ2) is 10.6. The summed E-state index contributed by atoms with van der Waals surface area (Å²) in [5.41, 5.74) is 4.23. The predicted molar refractivity (Wildman–Crippen MR) is 133 cm³/mol. The number of ether oxygens (including phenoxy) is 2. The highest BCUT2D eigenvalue weighted by atomic mass is 16.5. The zero-order chi connectivity index (χ0) is 25.7. The molecule has 36 heavy (non-hydrogen) atoms. The Kier molecular flexibility index (Phi) is 7.15. The molecule has 0 radical (unpaired) electrons. The van der Waals surface area contributed by atoms with E-state index < -0.39 is 29.2 Å². The largest absolute Gasteiger partial charge is 0.494 e. The molecule has 0 bridgehead atoms. The van der Waals surface area contributed by atoms with Gasteiger partial charge in [-0.1, -0.05) is 18.2 Å². The molecule has 0 aliphatic rings. The van der Waals surface area contributed by atoms with Crippen LogP contribution in [0.15, 0.2) is 82.4 Å². The number of aromatic nitrogens is 2. The van der Waals surface area contributed by atoms with Crippen LogP contribution in [0.25, 0.3) is 16.6 Å². The molecule has 0 spiro atoms. The van der Waals surface area contributed by atoms with Gasteiger partial charge in [-0.25, -0.2) is 9.36 Å². The molecule has 10 heteroatoms. The van der Waals surface area contributed by atoms with E-state index in [2.05, 4.69) is 15.8 Å². The lowest BCUT2D eigenvalue weighted by atomic mass is 10.1. The van der Waals surface area contributed by atoms with Crippen molar-refractivity contribution in [2.45, 2.75) is 20.0 Å². The van der Waals surface area contributed by atoms with Crippen molar-refractivity contribution in [1.29, 1.82) is 0 Å². The number of amides is 2. The number of H-pyrrole nitrogens is 1. The number of hydrogen-bond donors (Lipinski definition) is 3. The van der Waals surface area contributed by atoms with E-state index in [9.17, 15) is 19.2 Å². The second-order valence-electron chi connectivity index (χ2n) is 7.77. The molecular weight excluding hydrogens is 464 g/mol. The van der Waals surface area contributed by atoms with Crippen molar-refractivity contribution in [3.8, 4) is 17.2 Å². The van der Waals surface area contributed by atoms with E-state index in [4.69, 9.17) is 9.47 Å². The molecule has 2 amide bonds. The average molecular weight is 489 g/mol. The number of aromatic amines is 1. The summed E-state index contributed by atoms with van der Waals surface area (Å²) in [6.45, 7) is 3.96. The Morgan fingerprint density at radius 1 is 0.944 bits per heavy atom. The summed E-state index contributed by atoms with van der Waals surface area (Å²) < 4.78 is 12.0. The van der Waals surface area contributed by atoms with Gasteiger partial charge in [0.2, 0.25) is 0 Å². The molecule has 1 atom stereocenters. The van der Waals surface area contributed by atoms with Gasteiger partial charge in [-0.3, -0.25) is 25.2 Å². The number of nitrogens with one attached hydrogen (secondary N) is 3. The summed E-state index contributed by atoms with van der Waals surface area (Å²) in [5, 5.41) is 0.233. The van der Waals surface area contributed by atoms with E-state index in [0.29, 0.717) is 23.8 Å². The fourth-order valence-corrected chi connectivity index (χ4v) is 3.50. The Morgan fingerprint density at radius 3 is 2.33 bits per heavy atom. The number of para-hydroxylation sites is 1. The van der Waals surface area contributed by atoms with Gasteiger partial charge in [0.1, 0.15) is 11.5 Å². The van der Waals surface area contributed by atoms with Crippen molar-refractivity contribution in [3.63, 3.8) is 0 Å². The number of hydrazine groups is 1. The summed E-state index contributed by atoms with van der Waals surface area (Å²) in [6.07, 6.45) is -0.896. The zero-order valence-corrected chi connectivity index (χ0v) is 19.6. The summed E-state index contributed by atoms with van der Waals surface area (Å²) in [4.78, 5) is 53.0. The number of benzene rings is 3. The van der Waals surface area contributed by atoms with Crippen LogP contribution in [0, 0.1) is 0 Å². The first-order chi connectivity index (χ1) is 17.4. The van der Waals surface area contributed by atoms with Crippen molar-refractivity contribution in [2.24, 2.45) is 0 Å². The van der Waals surface area contributed by atoms with E-state index >= 15 is 0 Å². The lowest BCUT2D eigenvalue weighted by molar-refractivity contribution is -0.128. The zero-order valence-electron chi connectivity index (χ0n) is 19.6. The molecule has 3 N–H and O–H groups in total. The Labute approximate surface area is 205 Å². The maximum absolute atomic E-state index is 12.9. The molecule has 4 rings (SSSR count). The van der Waals surface area contributed by atoms with Crippen molar-refractivity contribution in [2.75, 3.05) is 6.61 Å². The van der Waals surface area contributed by atoms with Crippen LogP contribution in [0.1, 0.15) is 24.2 Å². The highest BCUT2D eigenvalue weighted by Gasteiger charge is 2.17. The first-order valence-corrected chi connectivity index (χ1v) is 11.2. The average Bonchev–Trinajstić information content (AvgIpc) is 2.88. The van der Waals surface area contributed by atoms with Crippen LogP contribution < -0.4 is 31.6 Å². The third-order valence-corrected chi connectivity index (χ3v) is 5.29. The van der Waals surface area contributed by atoms with Gasteiger partial charge in [-0.2, -0.15) is 0 Å². The van der Waals surface area contributed by atoms with Gasteiger partial charge >= 0.3 is 5.69 Å². The fourth-order valence-electron chi connectivity index (χ4n) is 3.50. The van der Waals surface area contributed by atoms with Crippen molar-refractivity contribution in [1.82, 2.24) is 20.4 Å². The molecule has 1 unspecified atom stereocenters. The second-order valence-corrected chi connectivity index (χ2v) is 7.77. The van der Waals surface area contributed by atoms with Gasteiger partial charge in [0.05, 0.1) is 23.2 Å². The van der Waals surface area contributed by atoms with E-state index in [-0.39, 0.29) is 16.5 Å². The van der Waals surface area contributed by atoms with Gasteiger partial charge in [0, 0.05) is 5.56 Å². The number of fused-ring (bicyclic) bond motifs is 1. The van der Waals surface area contributed by atoms with E-state index in [1.165, 1.54) is 25.1 Å². The highest BCUT2D eigenvalue weighted by molar-refractivity contribution is 5.98.